The molecule has 1 saturated heterocycles. The smallest absolute Gasteiger partial charge is 0.312 e. The summed E-state index contributed by atoms with van der Waals surface area (Å²) in [7, 11) is -3.24. The number of thiophene rings is 1. The van der Waals surface area contributed by atoms with Gasteiger partial charge >= 0.3 is 5.97 Å². The molecule has 1 fully saturated rings. The zero-order valence-electron chi connectivity index (χ0n) is 22.5. The maximum absolute atomic E-state index is 15.2. The van der Waals surface area contributed by atoms with Crippen LogP contribution in [0.15, 0.2) is 77.0 Å². The molecule has 11 heteroatoms. The van der Waals surface area contributed by atoms with Crippen molar-refractivity contribution in [2.24, 2.45) is 5.92 Å². The first-order valence-corrected chi connectivity index (χ1v) is 15.2. The van der Waals surface area contributed by atoms with E-state index in [9.17, 15) is 22.9 Å². The minimum atomic E-state index is -4.58. The van der Waals surface area contributed by atoms with Crippen LogP contribution in [0.5, 0.6) is 0 Å². The fourth-order valence-corrected chi connectivity index (χ4v) is 7.67. The van der Waals surface area contributed by atoms with Gasteiger partial charge in [0.1, 0.15) is 27.5 Å². The number of methoxy groups -OCH3 is 1. The minimum Gasteiger partial charge on any atom is -0.469 e. The quantitative estimate of drug-likeness (QED) is 0.210. The number of rotatable bonds is 6. The number of aromatic nitrogens is 1. The van der Waals surface area contributed by atoms with Crippen molar-refractivity contribution in [1.29, 1.82) is 5.26 Å². The predicted molar refractivity (Wildman–Crippen MR) is 157 cm³/mol. The van der Waals surface area contributed by atoms with E-state index in [1.807, 2.05) is 11.0 Å². The van der Waals surface area contributed by atoms with Crippen molar-refractivity contribution in [3.8, 4) is 28.5 Å². The van der Waals surface area contributed by atoms with Crippen LogP contribution in [0.1, 0.15) is 10.4 Å². The molecule has 1 aliphatic heterocycles. The Labute approximate surface area is 244 Å². The van der Waals surface area contributed by atoms with Gasteiger partial charge in [-0.1, -0.05) is 18.2 Å². The second kappa shape index (κ2) is 10.4. The number of nitrogens with zero attached hydrogens (tertiary/aromatic N) is 3. The minimum absolute atomic E-state index is 0.136. The van der Waals surface area contributed by atoms with Crippen LogP contribution in [0, 0.1) is 35.8 Å². The maximum Gasteiger partial charge on any atom is 0.312 e. The van der Waals surface area contributed by atoms with E-state index in [1.54, 1.807) is 36.6 Å². The van der Waals surface area contributed by atoms with Crippen LogP contribution in [0.2, 0.25) is 0 Å². The number of esters is 1. The highest BCUT2D eigenvalue weighted by molar-refractivity contribution is 7.90. The SMILES string of the molecule is COC(=O)C1CN(c2cccc(-c3c(-c4ccsc4C#N)c4cc(F)ccc4n3S(=O)(=O)c3ccc(C)cc3F)c2)C1. The van der Waals surface area contributed by atoms with Gasteiger partial charge in [0.2, 0.25) is 0 Å². The van der Waals surface area contributed by atoms with Gasteiger partial charge in [0, 0.05) is 40.9 Å². The van der Waals surface area contributed by atoms with Crippen LogP contribution < -0.4 is 4.90 Å². The molecule has 2 aromatic heterocycles. The summed E-state index contributed by atoms with van der Waals surface area (Å²) in [4.78, 5) is 13.7. The van der Waals surface area contributed by atoms with Crippen LogP contribution in [-0.2, 0) is 19.6 Å². The molecule has 1 aliphatic rings. The van der Waals surface area contributed by atoms with Gasteiger partial charge in [-0.05, 0) is 66.4 Å². The summed E-state index contributed by atoms with van der Waals surface area (Å²) in [5.41, 5.74) is 2.81. The molecular weight excluding hydrogens is 580 g/mol. The molecule has 0 spiro atoms. The Hall–Kier alpha value is -4.53. The van der Waals surface area contributed by atoms with Crippen LogP contribution in [-0.4, -0.2) is 38.6 Å². The van der Waals surface area contributed by atoms with E-state index in [4.69, 9.17) is 4.74 Å². The first-order chi connectivity index (χ1) is 20.1. The summed E-state index contributed by atoms with van der Waals surface area (Å²) in [6.45, 7) is 2.50. The van der Waals surface area contributed by atoms with Gasteiger partial charge in [0.15, 0.2) is 0 Å². The molecule has 3 aromatic carbocycles. The zero-order chi connectivity index (χ0) is 29.8. The van der Waals surface area contributed by atoms with Crippen LogP contribution in [0.25, 0.3) is 33.3 Å². The second-order valence-electron chi connectivity index (χ2n) is 10.0. The molecule has 212 valence electrons. The lowest BCUT2D eigenvalue weighted by Crippen LogP contribution is -2.50. The fourth-order valence-electron chi connectivity index (χ4n) is 5.38. The molecule has 0 unspecified atom stereocenters. The summed E-state index contributed by atoms with van der Waals surface area (Å²) >= 11 is 1.18. The van der Waals surface area contributed by atoms with Crippen LogP contribution >= 0.6 is 11.3 Å². The van der Waals surface area contributed by atoms with E-state index in [1.165, 1.54) is 42.7 Å². The second-order valence-corrected chi connectivity index (χ2v) is 12.7. The van der Waals surface area contributed by atoms with Gasteiger partial charge < -0.3 is 9.64 Å². The Morgan fingerprint density at radius 3 is 2.57 bits per heavy atom. The van der Waals surface area contributed by atoms with E-state index in [0.29, 0.717) is 40.2 Å². The molecule has 0 radical (unpaired) electrons. The molecule has 3 heterocycles. The highest BCUT2D eigenvalue weighted by Gasteiger charge is 2.35. The molecule has 42 heavy (non-hydrogen) atoms. The Balaban J connectivity index is 1.66. The summed E-state index contributed by atoms with van der Waals surface area (Å²) < 4.78 is 64.5. The van der Waals surface area contributed by atoms with Gasteiger partial charge in [0.05, 0.1) is 24.2 Å². The number of carbonyl (C=O) groups is 1. The maximum atomic E-state index is 15.2. The van der Waals surface area contributed by atoms with Gasteiger partial charge in [0.25, 0.3) is 10.0 Å². The van der Waals surface area contributed by atoms with E-state index in [0.717, 1.165) is 21.8 Å². The number of hydrogen-bond acceptors (Lipinski definition) is 7. The van der Waals surface area contributed by atoms with Crippen molar-refractivity contribution in [3.05, 3.63) is 94.2 Å². The summed E-state index contributed by atoms with van der Waals surface area (Å²) in [5, 5.41) is 11.8. The molecule has 0 N–H and O–H groups in total. The largest absolute Gasteiger partial charge is 0.469 e. The third kappa shape index (κ3) is 4.44. The fraction of sp³-hybridized carbons (Fsp3) is 0.161. The molecule has 5 aromatic rings. The molecule has 0 saturated carbocycles. The average Bonchev–Trinajstić information content (AvgIpc) is 3.54. The third-order valence-electron chi connectivity index (χ3n) is 7.43. The standard InChI is InChI=1S/C31H23F2N3O4S2/c1-18-6-9-28(25(33)12-18)42(38,39)36-26-8-7-21(32)14-24(26)29(23-10-11-41-27(23)15-34)30(36)19-4-3-5-22(13-19)35-16-20(17-35)31(37)40-2/h3-14,20H,16-17H2,1-2H3. The number of halogens is 2. The topological polar surface area (TPSA) is 92.4 Å². The van der Waals surface area contributed by atoms with E-state index in [2.05, 4.69) is 6.07 Å². The molecule has 7 nitrogen and oxygen atoms in total. The van der Waals surface area contributed by atoms with Gasteiger partial charge in [-0.15, -0.1) is 11.3 Å². The van der Waals surface area contributed by atoms with Crippen molar-refractivity contribution in [3.63, 3.8) is 0 Å². The Morgan fingerprint density at radius 1 is 1.07 bits per heavy atom. The molecule has 0 atom stereocenters. The average molecular weight is 604 g/mol. The van der Waals surface area contributed by atoms with Crippen molar-refractivity contribution in [1.82, 2.24) is 3.97 Å². The van der Waals surface area contributed by atoms with Crippen LogP contribution in [0.3, 0.4) is 0 Å². The van der Waals surface area contributed by atoms with Gasteiger partial charge in [-0.3, -0.25) is 4.79 Å². The number of nitriles is 1. The van der Waals surface area contributed by atoms with Gasteiger partial charge in [-0.25, -0.2) is 21.2 Å². The summed E-state index contributed by atoms with van der Waals surface area (Å²) in [6, 6.07) is 18.5. The summed E-state index contributed by atoms with van der Waals surface area (Å²) in [6.07, 6.45) is 0. The number of hydrogen-bond donors (Lipinski definition) is 0. The number of carbonyl (C=O) groups excluding carboxylic acids is 1. The summed E-state index contributed by atoms with van der Waals surface area (Å²) in [5.74, 6) is -2.09. The first-order valence-electron chi connectivity index (χ1n) is 12.9. The molecule has 6 rings (SSSR count). The first kappa shape index (κ1) is 27.6. The van der Waals surface area contributed by atoms with Crippen molar-refractivity contribution in [2.45, 2.75) is 11.8 Å². The highest BCUT2D eigenvalue weighted by atomic mass is 32.2. The number of aryl methyl sites for hydroxylation is 1. The van der Waals surface area contributed by atoms with Crippen molar-refractivity contribution in [2.75, 3.05) is 25.1 Å². The van der Waals surface area contributed by atoms with Crippen molar-refractivity contribution < 1.29 is 26.7 Å². The molecule has 0 bridgehead atoms. The third-order valence-corrected chi connectivity index (χ3v) is 10.00. The van der Waals surface area contributed by atoms with E-state index >= 15 is 4.39 Å². The Morgan fingerprint density at radius 2 is 1.86 bits per heavy atom. The number of fused-ring (bicyclic) bond motifs is 1. The Bertz CT molecular complexity index is 2040. The lowest BCUT2D eigenvalue weighted by atomic mass is 9.96. The molecular formula is C31H23F2N3O4S2. The predicted octanol–water partition coefficient (Wildman–Crippen LogP) is 6.34. The van der Waals surface area contributed by atoms with E-state index in [-0.39, 0.29) is 28.5 Å². The van der Waals surface area contributed by atoms with E-state index < -0.39 is 26.6 Å². The normalized spacial score (nSPS) is 13.6. The lowest BCUT2D eigenvalue weighted by Gasteiger charge is -2.39. The highest BCUT2D eigenvalue weighted by Crippen LogP contribution is 2.46. The number of ether oxygens (including phenoxy) is 1. The molecule has 0 aliphatic carbocycles. The Kier molecular flexibility index (Phi) is 6.83. The zero-order valence-corrected chi connectivity index (χ0v) is 24.1. The lowest BCUT2D eigenvalue weighted by molar-refractivity contribution is -0.146. The molecule has 0 amide bonds. The number of anilines is 1. The van der Waals surface area contributed by atoms with Gasteiger partial charge in [-0.2, -0.15) is 5.26 Å². The van der Waals surface area contributed by atoms with Crippen LogP contribution in [0.4, 0.5) is 14.5 Å². The monoisotopic (exact) mass is 603 g/mol. The van der Waals surface area contributed by atoms with Crippen molar-refractivity contribution >= 4 is 43.9 Å². The number of benzene rings is 3.